The molecule has 72 valence electrons. The van der Waals surface area contributed by atoms with Crippen molar-refractivity contribution in [2.75, 3.05) is 0 Å². The molecule has 2 rings (SSSR count). The van der Waals surface area contributed by atoms with Gasteiger partial charge in [0.1, 0.15) is 5.84 Å². The summed E-state index contributed by atoms with van der Waals surface area (Å²) in [4.78, 5) is 4.23. The maximum Gasteiger partial charge on any atom is 0.114 e. The molecule has 4 heteroatoms. The number of nitrogens with zero attached hydrogens (tertiary/aromatic N) is 2. The summed E-state index contributed by atoms with van der Waals surface area (Å²) in [6.07, 6.45) is 1.72. The quantitative estimate of drug-likeness (QED) is 0.554. The van der Waals surface area contributed by atoms with Crippen LogP contribution in [-0.4, -0.2) is 15.4 Å². The number of aromatic nitrogens is 2. The summed E-state index contributed by atoms with van der Waals surface area (Å²) in [6.45, 7) is 1.89. The molecule has 0 aliphatic rings. The first-order valence-corrected chi connectivity index (χ1v) is 4.45. The smallest absolute Gasteiger partial charge is 0.114 e. The van der Waals surface area contributed by atoms with Gasteiger partial charge in [-0.05, 0) is 19.1 Å². The molecule has 0 spiro atoms. The fourth-order valence-corrected chi connectivity index (χ4v) is 1.44. The summed E-state index contributed by atoms with van der Waals surface area (Å²) >= 11 is 0. The van der Waals surface area contributed by atoms with Crippen molar-refractivity contribution in [2.24, 2.45) is 5.73 Å². The lowest BCUT2D eigenvalue weighted by Gasteiger charge is -2.11. The van der Waals surface area contributed by atoms with E-state index in [0.29, 0.717) is 0 Å². The van der Waals surface area contributed by atoms with Gasteiger partial charge in [0.05, 0.1) is 23.4 Å². The highest BCUT2D eigenvalue weighted by atomic mass is 15.1. The van der Waals surface area contributed by atoms with E-state index in [2.05, 4.69) is 4.98 Å². The third-order valence-electron chi connectivity index (χ3n) is 2.35. The van der Waals surface area contributed by atoms with E-state index in [4.69, 9.17) is 11.1 Å². The van der Waals surface area contributed by atoms with E-state index in [-0.39, 0.29) is 11.9 Å². The van der Waals surface area contributed by atoms with Crippen molar-refractivity contribution in [1.29, 1.82) is 5.41 Å². The Morgan fingerprint density at radius 3 is 2.93 bits per heavy atom. The second-order valence-electron chi connectivity index (χ2n) is 3.27. The highest BCUT2D eigenvalue weighted by Gasteiger charge is 2.10. The molecule has 1 aromatic heterocycles. The maximum atomic E-state index is 7.38. The summed E-state index contributed by atoms with van der Waals surface area (Å²) in [6, 6.07) is 7.67. The first kappa shape index (κ1) is 8.74. The van der Waals surface area contributed by atoms with E-state index >= 15 is 0 Å². The van der Waals surface area contributed by atoms with Gasteiger partial charge in [-0.3, -0.25) is 5.41 Å². The molecule has 1 heterocycles. The van der Waals surface area contributed by atoms with Gasteiger partial charge < -0.3 is 10.3 Å². The topological polar surface area (TPSA) is 67.7 Å². The van der Waals surface area contributed by atoms with Crippen molar-refractivity contribution >= 4 is 16.9 Å². The lowest BCUT2D eigenvalue weighted by Crippen LogP contribution is -2.22. The summed E-state index contributed by atoms with van der Waals surface area (Å²) in [7, 11) is 0. The molecule has 0 saturated carbocycles. The van der Waals surface area contributed by atoms with Crippen molar-refractivity contribution in [3.63, 3.8) is 0 Å². The number of benzene rings is 1. The van der Waals surface area contributed by atoms with Gasteiger partial charge in [0.2, 0.25) is 0 Å². The molecule has 3 N–H and O–H groups in total. The Labute approximate surface area is 81.9 Å². The average molecular weight is 188 g/mol. The highest BCUT2D eigenvalue weighted by Crippen LogP contribution is 2.16. The second-order valence-corrected chi connectivity index (χ2v) is 3.27. The fraction of sp³-hybridized carbons (Fsp3) is 0.200. The number of rotatable bonds is 2. The molecule has 0 bridgehead atoms. The van der Waals surface area contributed by atoms with E-state index in [1.165, 1.54) is 0 Å². The first-order chi connectivity index (χ1) is 6.70. The SMILES string of the molecule is CC(C(=N)N)n1cnc2ccccc21. The monoisotopic (exact) mass is 188 g/mol. The molecule has 0 fully saturated rings. The van der Waals surface area contributed by atoms with E-state index in [1.807, 2.05) is 35.8 Å². The van der Waals surface area contributed by atoms with Crippen LogP contribution in [0.5, 0.6) is 0 Å². The molecular weight excluding hydrogens is 176 g/mol. The number of para-hydroxylation sites is 2. The Balaban J connectivity index is 2.58. The zero-order valence-electron chi connectivity index (χ0n) is 7.94. The van der Waals surface area contributed by atoms with Crippen LogP contribution in [0.2, 0.25) is 0 Å². The third kappa shape index (κ3) is 1.25. The first-order valence-electron chi connectivity index (χ1n) is 4.45. The molecule has 0 saturated heterocycles. The van der Waals surface area contributed by atoms with Crippen LogP contribution in [-0.2, 0) is 0 Å². The number of hydrogen-bond donors (Lipinski definition) is 2. The lowest BCUT2D eigenvalue weighted by atomic mass is 10.2. The number of nitrogens with one attached hydrogen (secondary N) is 1. The Hall–Kier alpha value is -1.84. The normalized spacial score (nSPS) is 12.9. The molecule has 0 amide bonds. The molecule has 0 radical (unpaired) electrons. The minimum absolute atomic E-state index is 0.137. The van der Waals surface area contributed by atoms with Gasteiger partial charge >= 0.3 is 0 Å². The lowest BCUT2D eigenvalue weighted by molar-refractivity contribution is 0.707. The van der Waals surface area contributed by atoms with Crippen LogP contribution < -0.4 is 5.73 Å². The molecular formula is C10H12N4. The van der Waals surface area contributed by atoms with Crippen molar-refractivity contribution in [3.05, 3.63) is 30.6 Å². The molecule has 0 aliphatic heterocycles. The van der Waals surface area contributed by atoms with Gasteiger partial charge in [-0.1, -0.05) is 12.1 Å². The van der Waals surface area contributed by atoms with E-state index in [9.17, 15) is 0 Å². The van der Waals surface area contributed by atoms with Crippen LogP contribution in [0.25, 0.3) is 11.0 Å². The molecule has 2 aromatic rings. The van der Waals surface area contributed by atoms with Crippen molar-refractivity contribution in [1.82, 2.24) is 9.55 Å². The maximum absolute atomic E-state index is 7.38. The molecule has 14 heavy (non-hydrogen) atoms. The summed E-state index contributed by atoms with van der Waals surface area (Å²) in [5.74, 6) is 0.146. The van der Waals surface area contributed by atoms with Crippen LogP contribution >= 0.6 is 0 Å². The number of nitrogens with two attached hydrogens (primary N) is 1. The van der Waals surface area contributed by atoms with E-state index in [1.54, 1.807) is 6.33 Å². The van der Waals surface area contributed by atoms with Crippen molar-refractivity contribution in [3.8, 4) is 0 Å². The fourth-order valence-electron chi connectivity index (χ4n) is 1.44. The summed E-state index contributed by atoms with van der Waals surface area (Å²) in [5.41, 5.74) is 7.39. The van der Waals surface area contributed by atoms with Crippen LogP contribution in [0.1, 0.15) is 13.0 Å². The van der Waals surface area contributed by atoms with Gasteiger partial charge in [0, 0.05) is 0 Å². The van der Waals surface area contributed by atoms with Crippen LogP contribution in [0.3, 0.4) is 0 Å². The molecule has 1 unspecified atom stereocenters. The number of hydrogen-bond acceptors (Lipinski definition) is 2. The minimum Gasteiger partial charge on any atom is -0.386 e. The Morgan fingerprint density at radius 1 is 1.50 bits per heavy atom. The standard InChI is InChI=1S/C10H12N4/c1-7(10(11)12)14-6-13-8-4-2-3-5-9(8)14/h2-7H,1H3,(H3,11,12). The van der Waals surface area contributed by atoms with Crippen LogP contribution in [0.4, 0.5) is 0 Å². The molecule has 1 atom stereocenters. The largest absolute Gasteiger partial charge is 0.386 e. The number of imidazole rings is 1. The van der Waals surface area contributed by atoms with Crippen molar-refractivity contribution in [2.45, 2.75) is 13.0 Å². The minimum atomic E-state index is -0.137. The summed E-state index contributed by atoms with van der Waals surface area (Å²) in [5, 5.41) is 7.38. The summed E-state index contributed by atoms with van der Waals surface area (Å²) < 4.78 is 1.90. The average Bonchev–Trinajstić information content (AvgIpc) is 2.60. The molecule has 1 aromatic carbocycles. The van der Waals surface area contributed by atoms with Crippen LogP contribution in [0, 0.1) is 5.41 Å². The van der Waals surface area contributed by atoms with Crippen molar-refractivity contribution < 1.29 is 0 Å². The van der Waals surface area contributed by atoms with Gasteiger partial charge in [0.25, 0.3) is 0 Å². The third-order valence-corrected chi connectivity index (χ3v) is 2.35. The Bertz CT molecular complexity index is 472. The van der Waals surface area contributed by atoms with Gasteiger partial charge in [-0.25, -0.2) is 4.98 Å². The number of fused-ring (bicyclic) bond motifs is 1. The van der Waals surface area contributed by atoms with E-state index < -0.39 is 0 Å². The van der Waals surface area contributed by atoms with Gasteiger partial charge in [0.15, 0.2) is 0 Å². The zero-order valence-corrected chi connectivity index (χ0v) is 7.94. The van der Waals surface area contributed by atoms with E-state index in [0.717, 1.165) is 11.0 Å². The highest BCUT2D eigenvalue weighted by molar-refractivity contribution is 5.84. The predicted octanol–water partition coefficient (Wildman–Crippen LogP) is 1.53. The van der Waals surface area contributed by atoms with Gasteiger partial charge in [-0.15, -0.1) is 0 Å². The predicted molar refractivity (Wildman–Crippen MR) is 56.4 cm³/mol. The molecule has 4 nitrogen and oxygen atoms in total. The Kier molecular flexibility index (Phi) is 1.96. The zero-order chi connectivity index (χ0) is 10.1. The second kappa shape index (κ2) is 3.14. The van der Waals surface area contributed by atoms with Crippen LogP contribution in [0.15, 0.2) is 30.6 Å². The Morgan fingerprint density at radius 2 is 2.21 bits per heavy atom. The number of amidine groups is 1. The molecule has 0 aliphatic carbocycles. The van der Waals surface area contributed by atoms with Gasteiger partial charge in [-0.2, -0.15) is 0 Å².